The predicted molar refractivity (Wildman–Crippen MR) is 63.5 cm³/mol. The molecule has 0 radical (unpaired) electrons. The van der Waals surface area contributed by atoms with Gasteiger partial charge >= 0.3 is 0 Å². The largest absolute Gasteiger partial charge is 0.508 e. The van der Waals surface area contributed by atoms with Crippen LogP contribution in [0.4, 0.5) is 0 Å². The lowest BCUT2D eigenvalue weighted by molar-refractivity contribution is 0.326. The van der Waals surface area contributed by atoms with Crippen molar-refractivity contribution in [2.45, 2.75) is 9.79 Å². The van der Waals surface area contributed by atoms with Gasteiger partial charge < -0.3 is 9.94 Å². The Balaban J connectivity index is 2.23. The summed E-state index contributed by atoms with van der Waals surface area (Å²) in [6.07, 6.45) is 0. The molecule has 0 heterocycles. The van der Waals surface area contributed by atoms with Crippen LogP contribution in [-0.2, 0) is 0 Å². The van der Waals surface area contributed by atoms with Crippen molar-refractivity contribution in [3.8, 4) is 11.5 Å². The summed E-state index contributed by atoms with van der Waals surface area (Å²) in [5.74, 6) is 6.07. The Kier molecular flexibility index (Phi) is 3.34. The number of para-hydroxylation sites is 1. The van der Waals surface area contributed by atoms with Crippen molar-refractivity contribution in [2.75, 3.05) is 0 Å². The minimum absolute atomic E-state index is 0.257. The second-order valence-electron chi connectivity index (χ2n) is 3.16. The number of hydrogen-bond acceptors (Lipinski definition) is 4. The highest BCUT2D eigenvalue weighted by Gasteiger charge is 2.04. The Bertz CT molecular complexity index is 471. The Labute approximate surface area is 97.8 Å². The van der Waals surface area contributed by atoms with Crippen LogP contribution in [0.15, 0.2) is 58.3 Å². The topological polar surface area (TPSA) is 55.5 Å². The molecule has 0 atom stereocenters. The maximum absolute atomic E-state index is 9.17. The molecule has 3 N–H and O–H groups in total. The summed E-state index contributed by atoms with van der Waals surface area (Å²) in [6, 6.07) is 14.5. The van der Waals surface area contributed by atoms with Gasteiger partial charge in [0.05, 0.1) is 4.90 Å². The highest BCUT2D eigenvalue weighted by atomic mass is 32.2. The third-order valence-corrected chi connectivity index (χ3v) is 3.11. The van der Waals surface area contributed by atoms with Gasteiger partial charge in [-0.3, -0.25) is 0 Å². The molecule has 0 spiro atoms. The molecule has 0 saturated heterocycles. The molecule has 0 unspecified atom stereocenters. The molecule has 0 saturated carbocycles. The van der Waals surface area contributed by atoms with E-state index in [2.05, 4.69) is 0 Å². The van der Waals surface area contributed by atoms with Gasteiger partial charge in [-0.25, -0.2) is 0 Å². The summed E-state index contributed by atoms with van der Waals surface area (Å²) < 4.78 is 0. The normalized spacial score (nSPS) is 10.1. The SMILES string of the molecule is NOc1ccccc1Sc1ccc(O)cc1. The lowest BCUT2D eigenvalue weighted by Crippen LogP contribution is -2.02. The molecular formula is C12H11NO2S. The lowest BCUT2D eigenvalue weighted by Gasteiger charge is -2.06. The van der Waals surface area contributed by atoms with Gasteiger partial charge in [-0.15, -0.1) is 0 Å². The maximum atomic E-state index is 9.17. The Hall–Kier alpha value is -1.65. The van der Waals surface area contributed by atoms with Crippen molar-refractivity contribution >= 4 is 11.8 Å². The number of phenols is 1. The van der Waals surface area contributed by atoms with Crippen LogP contribution in [0, 0.1) is 0 Å². The van der Waals surface area contributed by atoms with Gasteiger partial charge in [0.2, 0.25) is 0 Å². The third kappa shape index (κ3) is 2.48. The first-order valence-corrected chi connectivity index (χ1v) is 5.54. The van der Waals surface area contributed by atoms with Gasteiger partial charge in [0, 0.05) is 4.90 Å². The molecule has 82 valence electrons. The average Bonchev–Trinajstić information content (AvgIpc) is 2.33. The summed E-state index contributed by atoms with van der Waals surface area (Å²) in [7, 11) is 0. The van der Waals surface area contributed by atoms with Gasteiger partial charge in [-0.2, -0.15) is 5.90 Å². The van der Waals surface area contributed by atoms with E-state index in [4.69, 9.17) is 15.8 Å². The molecule has 0 fully saturated rings. The minimum atomic E-state index is 0.257. The summed E-state index contributed by atoms with van der Waals surface area (Å²) in [5, 5.41) is 9.17. The van der Waals surface area contributed by atoms with Crippen LogP contribution in [0.25, 0.3) is 0 Å². The Morgan fingerprint density at radius 1 is 1.00 bits per heavy atom. The van der Waals surface area contributed by atoms with E-state index in [-0.39, 0.29) is 5.75 Å². The number of hydrogen-bond donors (Lipinski definition) is 2. The fraction of sp³-hybridized carbons (Fsp3) is 0. The summed E-state index contributed by atoms with van der Waals surface area (Å²) >= 11 is 1.53. The first kappa shape index (κ1) is 10.9. The summed E-state index contributed by atoms with van der Waals surface area (Å²) in [5.41, 5.74) is 0. The molecule has 0 bridgehead atoms. The molecule has 0 aliphatic rings. The van der Waals surface area contributed by atoms with E-state index in [1.807, 2.05) is 36.4 Å². The van der Waals surface area contributed by atoms with Crippen LogP contribution in [0.5, 0.6) is 11.5 Å². The van der Waals surface area contributed by atoms with E-state index in [0.717, 1.165) is 9.79 Å². The summed E-state index contributed by atoms with van der Waals surface area (Å²) in [6.45, 7) is 0. The molecule has 2 rings (SSSR count). The molecule has 3 nitrogen and oxygen atoms in total. The predicted octanol–water partition coefficient (Wildman–Crippen LogP) is 2.80. The fourth-order valence-electron chi connectivity index (χ4n) is 1.27. The van der Waals surface area contributed by atoms with Crippen molar-refractivity contribution in [1.82, 2.24) is 0 Å². The van der Waals surface area contributed by atoms with Crippen LogP contribution in [0.2, 0.25) is 0 Å². The number of nitrogens with two attached hydrogens (primary N) is 1. The molecule has 0 aliphatic carbocycles. The van der Waals surface area contributed by atoms with Gasteiger partial charge in [0.1, 0.15) is 5.75 Å². The maximum Gasteiger partial charge on any atom is 0.160 e. The molecule has 0 amide bonds. The zero-order valence-corrected chi connectivity index (χ0v) is 9.28. The van der Waals surface area contributed by atoms with Crippen LogP contribution < -0.4 is 10.7 Å². The lowest BCUT2D eigenvalue weighted by atomic mass is 10.3. The van der Waals surface area contributed by atoms with Crippen LogP contribution >= 0.6 is 11.8 Å². The molecule has 16 heavy (non-hydrogen) atoms. The first-order chi connectivity index (χ1) is 7.79. The van der Waals surface area contributed by atoms with Crippen molar-refractivity contribution in [3.05, 3.63) is 48.5 Å². The van der Waals surface area contributed by atoms with E-state index >= 15 is 0 Å². The van der Waals surface area contributed by atoms with E-state index in [9.17, 15) is 0 Å². The fourth-order valence-corrected chi connectivity index (χ4v) is 2.16. The van der Waals surface area contributed by atoms with Gasteiger partial charge in [0.25, 0.3) is 0 Å². The molecule has 4 heteroatoms. The van der Waals surface area contributed by atoms with Crippen molar-refractivity contribution in [3.63, 3.8) is 0 Å². The molecule has 2 aromatic carbocycles. The second-order valence-corrected chi connectivity index (χ2v) is 4.28. The molecule has 0 aromatic heterocycles. The number of aromatic hydroxyl groups is 1. The average molecular weight is 233 g/mol. The molecule has 0 aliphatic heterocycles. The van der Waals surface area contributed by atoms with Gasteiger partial charge in [-0.1, -0.05) is 23.9 Å². The number of phenolic OH excluding ortho intramolecular Hbond substituents is 1. The van der Waals surface area contributed by atoms with Gasteiger partial charge in [-0.05, 0) is 36.4 Å². The smallest absolute Gasteiger partial charge is 0.160 e. The van der Waals surface area contributed by atoms with Crippen LogP contribution in [-0.4, -0.2) is 5.11 Å². The van der Waals surface area contributed by atoms with Crippen LogP contribution in [0.1, 0.15) is 0 Å². The van der Waals surface area contributed by atoms with E-state index in [1.54, 1.807) is 12.1 Å². The Morgan fingerprint density at radius 2 is 1.69 bits per heavy atom. The van der Waals surface area contributed by atoms with Crippen LogP contribution in [0.3, 0.4) is 0 Å². The van der Waals surface area contributed by atoms with E-state index in [1.165, 1.54) is 11.8 Å². The first-order valence-electron chi connectivity index (χ1n) is 4.72. The second kappa shape index (κ2) is 4.92. The third-order valence-electron chi connectivity index (χ3n) is 2.04. The highest BCUT2D eigenvalue weighted by molar-refractivity contribution is 7.99. The van der Waals surface area contributed by atoms with E-state index < -0.39 is 0 Å². The standard InChI is InChI=1S/C12H11NO2S/c13-15-11-3-1-2-4-12(11)16-10-7-5-9(14)6-8-10/h1-8,14H,13H2. The minimum Gasteiger partial charge on any atom is -0.508 e. The van der Waals surface area contributed by atoms with Crippen molar-refractivity contribution < 1.29 is 9.94 Å². The quantitative estimate of drug-likeness (QED) is 0.800. The summed E-state index contributed by atoms with van der Waals surface area (Å²) in [4.78, 5) is 6.73. The monoisotopic (exact) mass is 233 g/mol. The number of benzene rings is 2. The van der Waals surface area contributed by atoms with Crippen molar-refractivity contribution in [2.24, 2.45) is 5.90 Å². The van der Waals surface area contributed by atoms with Gasteiger partial charge in [0.15, 0.2) is 5.75 Å². The molecular weight excluding hydrogens is 222 g/mol. The molecule has 2 aromatic rings. The zero-order chi connectivity index (χ0) is 11.4. The van der Waals surface area contributed by atoms with Crippen molar-refractivity contribution in [1.29, 1.82) is 0 Å². The van der Waals surface area contributed by atoms with E-state index in [0.29, 0.717) is 5.75 Å². The highest BCUT2D eigenvalue weighted by Crippen LogP contribution is 2.34. The Morgan fingerprint density at radius 3 is 2.38 bits per heavy atom. The number of rotatable bonds is 3. The zero-order valence-electron chi connectivity index (χ0n) is 8.46.